The highest BCUT2D eigenvalue weighted by Crippen LogP contribution is 2.47. The first kappa shape index (κ1) is 17.1. The summed E-state index contributed by atoms with van der Waals surface area (Å²) in [4.78, 5) is 1.65. The SMILES string of the molecule is CC[NH+]1CCC2(CC1)Oc1ccccc1[C@@H]1C=C(c3ccccc3Cl)NN12. The lowest BCUT2D eigenvalue weighted by Crippen LogP contribution is -3.13. The third-order valence-corrected chi connectivity index (χ3v) is 6.55. The molecule has 0 radical (unpaired) electrons. The first-order valence-electron chi connectivity index (χ1n) is 9.84. The second-order valence-corrected chi connectivity index (χ2v) is 8.08. The Balaban J connectivity index is 1.56. The Labute approximate surface area is 165 Å². The van der Waals surface area contributed by atoms with E-state index in [2.05, 4.69) is 53.8 Å². The molecule has 1 spiro atoms. The third-order valence-electron chi connectivity index (χ3n) is 6.22. The smallest absolute Gasteiger partial charge is 0.191 e. The van der Waals surface area contributed by atoms with Gasteiger partial charge in [-0.05, 0) is 25.1 Å². The zero-order valence-electron chi connectivity index (χ0n) is 15.5. The number of para-hydroxylation sites is 1. The molecule has 0 bridgehead atoms. The summed E-state index contributed by atoms with van der Waals surface area (Å²) in [5.74, 6) is 1.01. The molecule has 2 N–H and O–H groups in total. The van der Waals surface area contributed by atoms with Crippen molar-refractivity contribution in [2.24, 2.45) is 0 Å². The van der Waals surface area contributed by atoms with Crippen LogP contribution in [0.2, 0.25) is 5.02 Å². The molecule has 5 heteroatoms. The molecule has 2 aromatic rings. The van der Waals surface area contributed by atoms with Gasteiger partial charge in [-0.1, -0.05) is 48.0 Å². The number of quaternary nitrogens is 1. The fourth-order valence-electron chi connectivity index (χ4n) is 4.65. The molecule has 27 heavy (non-hydrogen) atoms. The number of fused-ring (bicyclic) bond motifs is 4. The topological polar surface area (TPSA) is 28.9 Å². The molecule has 3 aliphatic heterocycles. The summed E-state index contributed by atoms with van der Waals surface area (Å²) in [6.45, 7) is 5.70. The number of piperidine rings is 1. The van der Waals surface area contributed by atoms with Crippen LogP contribution in [0.25, 0.3) is 5.70 Å². The van der Waals surface area contributed by atoms with Crippen LogP contribution in [0.3, 0.4) is 0 Å². The Hall–Kier alpha value is -2.01. The fourth-order valence-corrected chi connectivity index (χ4v) is 4.88. The quantitative estimate of drug-likeness (QED) is 0.836. The third kappa shape index (κ3) is 2.75. The average molecular weight is 383 g/mol. The van der Waals surface area contributed by atoms with E-state index in [0.717, 1.165) is 48.0 Å². The molecule has 1 saturated heterocycles. The first-order chi connectivity index (χ1) is 13.2. The Kier molecular flexibility index (Phi) is 4.15. The van der Waals surface area contributed by atoms with Crippen molar-refractivity contribution in [3.05, 3.63) is 70.8 Å². The largest absolute Gasteiger partial charge is 0.470 e. The Bertz CT molecular complexity index is 889. The van der Waals surface area contributed by atoms with E-state index in [-0.39, 0.29) is 11.8 Å². The summed E-state index contributed by atoms with van der Waals surface area (Å²) in [5.41, 5.74) is 6.67. The van der Waals surface area contributed by atoms with Gasteiger partial charge >= 0.3 is 0 Å². The zero-order valence-corrected chi connectivity index (χ0v) is 16.3. The molecule has 3 aliphatic rings. The Morgan fingerprint density at radius 1 is 1.15 bits per heavy atom. The lowest BCUT2D eigenvalue weighted by atomic mass is 9.93. The van der Waals surface area contributed by atoms with Crippen molar-refractivity contribution in [1.29, 1.82) is 0 Å². The molecule has 0 saturated carbocycles. The Morgan fingerprint density at radius 2 is 1.89 bits per heavy atom. The molecule has 1 atom stereocenters. The molecule has 3 heterocycles. The van der Waals surface area contributed by atoms with Crippen molar-refractivity contribution in [2.75, 3.05) is 19.6 Å². The minimum Gasteiger partial charge on any atom is -0.470 e. The van der Waals surface area contributed by atoms with Crippen LogP contribution >= 0.6 is 11.6 Å². The van der Waals surface area contributed by atoms with Crippen LogP contribution in [0.4, 0.5) is 0 Å². The number of nitrogens with one attached hydrogen (secondary N) is 2. The molecule has 0 aliphatic carbocycles. The maximum Gasteiger partial charge on any atom is 0.191 e. The van der Waals surface area contributed by atoms with Gasteiger partial charge < -0.3 is 15.1 Å². The van der Waals surface area contributed by atoms with Crippen LogP contribution in [-0.2, 0) is 0 Å². The first-order valence-corrected chi connectivity index (χ1v) is 10.2. The molecule has 140 valence electrons. The van der Waals surface area contributed by atoms with E-state index in [1.165, 1.54) is 12.1 Å². The highest BCUT2D eigenvalue weighted by atomic mass is 35.5. The van der Waals surface area contributed by atoms with Crippen molar-refractivity contribution in [3.63, 3.8) is 0 Å². The normalized spacial score (nSPS) is 29.5. The van der Waals surface area contributed by atoms with Crippen molar-refractivity contribution in [3.8, 4) is 5.75 Å². The van der Waals surface area contributed by atoms with Gasteiger partial charge in [-0.15, -0.1) is 0 Å². The van der Waals surface area contributed by atoms with Crippen LogP contribution < -0.4 is 15.1 Å². The van der Waals surface area contributed by atoms with E-state index in [4.69, 9.17) is 16.3 Å². The van der Waals surface area contributed by atoms with E-state index in [1.807, 2.05) is 18.2 Å². The van der Waals surface area contributed by atoms with Crippen LogP contribution in [0.1, 0.15) is 36.9 Å². The molecule has 5 rings (SSSR count). The summed E-state index contributed by atoms with van der Waals surface area (Å²) in [7, 11) is 0. The van der Waals surface area contributed by atoms with Gasteiger partial charge in [-0.2, -0.15) is 5.01 Å². The van der Waals surface area contributed by atoms with Crippen molar-refractivity contribution < 1.29 is 9.64 Å². The van der Waals surface area contributed by atoms with E-state index in [0.29, 0.717) is 0 Å². The lowest BCUT2D eigenvalue weighted by Gasteiger charge is -2.50. The Morgan fingerprint density at radius 3 is 2.67 bits per heavy atom. The van der Waals surface area contributed by atoms with Gasteiger partial charge in [0.15, 0.2) is 5.72 Å². The van der Waals surface area contributed by atoms with Gasteiger partial charge in [0.05, 0.1) is 44.2 Å². The molecule has 4 nitrogen and oxygen atoms in total. The van der Waals surface area contributed by atoms with E-state index >= 15 is 0 Å². The number of hydrazine groups is 1. The maximum atomic E-state index is 6.67. The predicted molar refractivity (Wildman–Crippen MR) is 107 cm³/mol. The van der Waals surface area contributed by atoms with Gasteiger partial charge in [0.1, 0.15) is 5.75 Å². The van der Waals surface area contributed by atoms with E-state index < -0.39 is 0 Å². The van der Waals surface area contributed by atoms with Gasteiger partial charge in [-0.25, -0.2) is 0 Å². The number of hydrogen-bond donors (Lipinski definition) is 2. The zero-order chi connectivity index (χ0) is 18.4. The summed E-state index contributed by atoms with van der Waals surface area (Å²) < 4.78 is 6.67. The highest BCUT2D eigenvalue weighted by molar-refractivity contribution is 6.32. The maximum absolute atomic E-state index is 6.67. The fraction of sp³-hybridized carbons (Fsp3) is 0.364. The number of halogens is 1. The summed E-state index contributed by atoms with van der Waals surface area (Å²) >= 11 is 6.48. The standard InChI is InChI=1S/C22H24ClN3O/c1-2-25-13-11-22(12-14-25)26-20(17-8-4-6-10-21(17)27-22)15-19(24-26)16-7-3-5-9-18(16)23/h3-10,15,20,24H,2,11-14H2,1H3/p+1/t20-/m0/s1. The molecule has 0 aromatic heterocycles. The number of likely N-dealkylation sites (tertiary alicyclic amines) is 1. The van der Waals surface area contributed by atoms with Crippen molar-refractivity contribution >= 4 is 17.3 Å². The van der Waals surface area contributed by atoms with Gasteiger partial charge in [0.2, 0.25) is 0 Å². The molecule has 0 amide bonds. The number of hydrogen-bond acceptors (Lipinski definition) is 3. The lowest BCUT2D eigenvalue weighted by molar-refractivity contribution is -0.906. The van der Waals surface area contributed by atoms with Crippen LogP contribution in [0.5, 0.6) is 5.75 Å². The average Bonchev–Trinajstić information content (AvgIpc) is 3.16. The van der Waals surface area contributed by atoms with Crippen molar-refractivity contribution in [1.82, 2.24) is 10.4 Å². The summed E-state index contributed by atoms with van der Waals surface area (Å²) in [5, 5.41) is 3.10. The molecule has 2 aromatic carbocycles. The number of rotatable bonds is 2. The minimum atomic E-state index is -0.308. The second kappa shape index (κ2) is 6.55. The van der Waals surface area contributed by atoms with E-state index in [9.17, 15) is 0 Å². The number of ether oxygens (including phenoxy) is 1. The van der Waals surface area contributed by atoms with Crippen LogP contribution in [0, 0.1) is 0 Å². The molecular weight excluding hydrogens is 358 g/mol. The second-order valence-electron chi connectivity index (χ2n) is 7.68. The van der Waals surface area contributed by atoms with Gasteiger partial charge in [0.25, 0.3) is 0 Å². The summed E-state index contributed by atoms with van der Waals surface area (Å²) in [6, 6.07) is 16.6. The van der Waals surface area contributed by atoms with E-state index in [1.54, 1.807) is 4.90 Å². The predicted octanol–water partition coefficient (Wildman–Crippen LogP) is 3.03. The highest BCUT2D eigenvalue weighted by Gasteiger charge is 2.52. The van der Waals surface area contributed by atoms with Crippen molar-refractivity contribution in [2.45, 2.75) is 31.5 Å². The molecular formula is C22H25ClN3O+. The molecule has 0 unspecified atom stereocenters. The van der Waals surface area contributed by atoms with Gasteiger partial charge in [-0.3, -0.25) is 0 Å². The summed E-state index contributed by atoms with van der Waals surface area (Å²) in [6.07, 6.45) is 4.32. The number of benzene rings is 2. The van der Waals surface area contributed by atoms with Crippen LogP contribution in [0.15, 0.2) is 54.6 Å². The van der Waals surface area contributed by atoms with Crippen LogP contribution in [-0.4, -0.2) is 30.4 Å². The minimum absolute atomic E-state index is 0.157. The van der Waals surface area contributed by atoms with Gasteiger partial charge in [0, 0.05) is 16.1 Å². The molecule has 1 fully saturated rings. The number of nitrogens with zero attached hydrogens (tertiary/aromatic N) is 1. The monoisotopic (exact) mass is 382 g/mol.